The molecule has 2 aromatic heterocycles. The number of hydrogen-bond donors (Lipinski definition) is 3. The van der Waals surface area contributed by atoms with Crippen LogP contribution in [0.3, 0.4) is 0 Å². The molecule has 0 aliphatic carbocycles. The molecule has 0 unspecified atom stereocenters. The van der Waals surface area contributed by atoms with Gasteiger partial charge in [-0.2, -0.15) is 13.1 Å². The van der Waals surface area contributed by atoms with Gasteiger partial charge in [0.05, 0.1) is 0 Å². The molecule has 0 aliphatic rings. The Hall–Kier alpha value is -2.62. The van der Waals surface area contributed by atoms with Gasteiger partial charge in [-0.1, -0.05) is 12.1 Å². The molecule has 9 heteroatoms. The summed E-state index contributed by atoms with van der Waals surface area (Å²) in [5.74, 6) is -0.574. The summed E-state index contributed by atoms with van der Waals surface area (Å²) < 4.78 is 38.8. The fraction of sp³-hybridized carbons (Fsp3) is 0.125. The Morgan fingerprint density at radius 1 is 1.24 bits per heavy atom. The van der Waals surface area contributed by atoms with Crippen molar-refractivity contribution in [3.8, 4) is 11.1 Å². The molecule has 0 bridgehead atoms. The van der Waals surface area contributed by atoms with Crippen LogP contribution >= 0.6 is 0 Å². The third-order valence-corrected chi connectivity index (χ3v) is 4.43. The minimum Gasteiger partial charge on any atom is -0.307 e. The van der Waals surface area contributed by atoms with Gasteiger partial charge in [0.2, 0.25) is 5.56 Å². The fourth-order valence-electron chi connectivity index (χ4n) is 2.67. The number of hydrogen-bond acceptors (Lipinski definition) is 4. The lowest BCUT2D eigenvalue weighted by molar-refractivity contribution is 0.551. The molecule has 1 atom stereocenters. The Bertz CT molecular complexity index is 1110. The molecular weight excluding hydrogens is 347 g/mol. The van der Waals surface area contributed by atoms with E-state index in [0.29, 0.717) is 22.2 Å². The summed E-state index contributed by atoms with van der Waals surface area (Å²) in [6, 6.07) is 8.35. The molecule has 0 fully saturated rings. The number of aromatic amines is 1. The number of benzene rings is 1. The minimum absolute atomic E-state index is 0.171. The SMILES string of the molecule is C[C@@H](NS(N)(=O)=O)c1ccc(-c2ccnc3[nH]c(=O)ccc23)cc1F. The molecule has 0 saturated heterocycles. The largest absolute Gasteiger partial charge is 0.307 e. The number of pyridine rings is 2. The number of nitrogens with two attached hydrogens (primary N) is 1. The minimum atomic E-state index is -3.94. The van der Waals surface area contributed by atoms with Crippen molar-refractivity contribution in [2.45, 2.75) is 13.0 Å². The summed E-state index contributed by atoms with van der Waals surface area (Å²) in [5.41, 5.74) is 1.56. The zero-order valence-corrected chi connectivity index (χ0v) is 14.0. The molecule has 0 saturated carbocycles. The first kappa shape index (κ1) is 17.2. The van der Waals surface area contributed by atoms with Crippen LogP contribution in [0.5, 0.6) is 0 Å². The molecule has 0 amide bonds. The summed E-state index contributed by atoms with van der Waals surface area (Å²) in [6.07, 6.45) is 1.52. The van der Waals surface area contributed by atoms with Crippen molar-refractivity contribution in [2.75, 3.05) is 0 Å². The van der Waals surface area contributed by atoms with Crippen LogP contribution in [0.15, 0.2) is 47.4 Å². The smallest absolute Gasteiger partial charge is 0.274 e. The third-order valence-electron chi connectivity index (χ3n) is 3.75. The van der Waals surface area contributed by atoms with Crippen LogP contribution in [0, 0.1) is 5.82 Å². The van der Waals surface area contributed by atoms with E-state index < -0.39 is 22.1 Å². The highest BCUT2D eigenvalue weighted by atomic mass is 32.2. The molecule has 0 spiro atoms. The topological polar surface area (TPSA) is 118 Å². The van der Waals surface area contributed by atoms with Crippen molar-refractivity contribution in [1.82, 2.24) is 14.7 Å². The number of nitrogens with one attached hydrogen (secondary N) is 2. The Kier molecular flexibility index (Phi) is 4.38. The molecular formula is C16H15FN4O3S. The van der Waals surface area contributed by atoms with Crippen LogP contribution in [-0.2, 0) is 10.2 Å². The van der Waals surface area contributed by atoms with Gasteiger partial charge in [-0.15, -0.1) is 0 Å². The normalized spacial score (nSPS) is 13.1. The Labute approximate surface area is 142 Å². The Balaban J connectivity index is 2.06. The lowest BCUT2D eigenvalue weighted by Gasteiger charge is -2.14. The molecule has 130 valence electrons. The number of H-pyrrole nitrogens is 1. The van der Waals surface area contributed by atoms with E-state index >= 15 is 0 Å². The van der Waals surface area contributed by atoms with Gasteiger partial charge in [-0.05, 0) is 36.2 Å². The quantitative estimate of drug-likeness (QED) is 0.653. The van der Waals surface area contributed by atoms with Gasteiger partial charge in [-0.25, -0.2) is 14.5 Å². The highest BCUT2D eigenvalue weighted by Gasteiger charge is 2.16. The number of aromatic nitrogens is 2. The molecule has 3 aromatic rings. The molecule has 7 nitrogen and oxygen atoms in total. The van der Waals surface area contributed by atoms with Gasteiger partial charge in [0.1, 0.15) is 11.5 Å². The average molecular weight is 362 g/mol. The van der Waals surface area contributed by atoms with Crippen LogP contribution in [0.2, 0.25) is 0 Å². The maximum atomic E-state index is 14.5. The predicted molar refractivity (Wildman–Crippen MR) is 92.4 cm³/mol. The summed E-state index contributed by atoms with van der Waals surface area (Å²) in [6.45, 7) is 1.50. The molecule has 2 heterocycles. The zero-order chi connectivity index (χ0) is 18.2. The van der Waals surface area contributed by atoms with Crippen molar-refractivity contribution < 1.29 is 12.8 Å². The van der Waals surface area contributed by atoms with Crippen molar-refractivity contribution in [1.29, 1.82) is 0 Å². The maximum absolute atomic E-state index is 14.5. The zero-order valence-electron chi connectivity index (χ0n) is 13.2. The van der Waals surface area contributed by atoms with Gasteiger partial charge < -0.3 is 4.98 Å². The Morgan fingerprint density at radius 3 is 2.68 bits per heavy atom. The summed E-state index contributed by atoms with van der Waals surface area (Å²) in [7, 11) is -3.94. The highest BCUT2D eigenvalue weighted by Crippen LogP contribution is 2.29. The first-order valence-electron chi connectivity index (χ1n) is 7.32. The summed E-state index contributed by atoms with van der Waals surface area (Å²) in [4.78, 5) is 18.1. The van der Waals surface area contributed by atoms with Gasteiger partial charge in [0, 0.05) is 29.3 Å². The summed E-state index contributed by atoms with van der Waals surface area (Å²) >= 11 is 0. The van der Waals surface area contributed by atoms with Crippen molar-refractivity contribution in [3.05, 3.63) is 64.3 Å². The van der Waals surface area contributed by atoms with Crippen LogP contribution in [0.1, 0.15) is 18.5 Å². The lowest BCUT2D eigenvalue weighted by atomic mass is 9.99. The Morgan fingerprint density at radius 2 is 2.00 bits per heavy atom. The van der Waals surface area contributed by atoms with E-state index in [1.165, 1.54) is 31.3 Å². The summed E-state index contributed by atoms with van der Waals surface area (Å²) in [5, 5.41) is 5.59. The van der Waals surface area contributed by atoms with Crippen LogP contribution in [-0.4, -0.2) is 18.4 Å². The van der Waals surface area contributed by atoms with Gasteiger partial charge >= 0.3 is 0 Å². The average Bonchev–Trinajstić information content (AvgIpc) is 2.52. The standard InChI is InChI=1S/C16H15FN4O3S/c1-9(21-25(18,23)24)11-3-2-10(8-14(11)17)12-6-7-19-16-13(12)4-5-15(22)20-16/h2-9,21H,1H3,(H2,18,23,24)(H,19,20,22)/t9-/m1/s1. The van der Waals surface area contributed by atoms with E-state index in [1.54, 1.807) is 18.2 Å². The number of nitrogens with zero attached hydrogens (tertiary/aromatic N) is 1. The molecule has 3 rings (SSSR count). The van der Waals surface area contributed by atoms with Crippen LogP contribution in [0.4, 0.5) is 4.39 Å². The first-order valence-corrected chi connectivity index (χ1v) is 8.87. The molecule has 1 aromatic carbocycles. The van der Waals surface area contributed by atoms with E-state index in [9.17, 15) is 17.6 Å². The second-order valence-electron chi connectivity index (χ2n) is 5.56. The van der Waals surface area contributed by atoms with Gasteiger partial charge in [0.15, 0.2) is 0 Å². The van der Waals surface area contributed by atoms with Crippen LogP contribution < -0.4 is 15.4 Å². The third kappa shape index (κ3) is 3.73. The molecule has 0 aliphatic heterocycles. The maximum Gasteiger partial charge on any atom is 0.274 e. The van der Waals surface area contributed by atoms with Crippen molar-refractivity contribution in [2.24, 2.45) is 5.14 Å². The van der Waals surface area contributed by atoms with Crippen LogP contribution in [0.25, 0.3) is 22.2 Å². The molecule has 0 radical (unpaired) electrons. The fourth-order valence-corrected chi connectivity index (χ4v) is 3.29. The highest BCUT2D eigenvalue weighted by molar-refractivity contribution is 7.87. The van der Waals surface area contributed by atoms with Gasteiger partial charge in [-0.3, -0.25) is 4.79 Å². The van der Waals surface area contributed by atoms with Gasteiger partial charge in [0.25, 0.3) is 10.2 Å². The van der Waals surface area contributed by atoms with Crippen molar-refractivity contribution >= 4 is 21.2 Å². The second-order valence-corrected chi connectivity index (χ2v) is 6.89. The molecule has 4 N–H and O–H groups in total. The number of halogens is 1. The lowest BCUT2D eigenvalue weighted by Crippen LogP contribution is -2.33. The number of rotatable bonds is 4. The van der Waals surface area contributed by atoms with E-state index in [0.717, 1.165) is 0 Å². The predicted octanol–water partition coefficient (Wildman–Crippen LogP) is 1.58. The first-order chi connectivity index (χ1) is 11.7. The van der Waals surface area contributed by atoms with E-state index in [2.05, 4.69) is 14.7 Å². The van der Waals surface area contributed by atoms with Crippen molar-refractivity contribution in [3.63, 3.8) is 0 Å². The second kappa shape index (κ2) is 6.36. The molecule has 25 heavy (non-hydrogen) atoms. The van der Waals surface area contributed by atoms with E-state index in [1.807, 2.05) is 0 Å². The number of fused-ring (bicyclic) bond motifs is 1. The van der Waals surface area contributed by atoms with E-state index in [-0.39, 0.29) is 11.1 Å². The monoisotopic (exact) mass is 362 g/mol. The van der Waals surface area contributed by atoms with E-state index in [4.69, 9.17) is 5.14 Å².